The Bertz CT molecular complexity index is 337. The maximum Gasteiger partial charge on any atom is 0.0894 e. The van der Waals surface area contributed by atoms with Crippen molar-refractivity contribution in [1.29, 1.82) is 0 Å². The summed E-state index contributed by atoms with van der Waals surface area (Å²) in [5, 5.41) is 4.37. The van der Waals surface area contributed by atoms with Crippen LogP contribution in [0.5, 0.6) is 0 Å². The average Bonchev–Trinajstić information content (AvgIpc) is 3.04. The van der Waals surface area contributed by atoms with E-state index in [1.807, 2.05) is 0 Å². The van der Waals surface area contributed by atoms with Crippen molar-refractivity contribution in [2.24, 2.45) is 5.73 Å². The number of morpholine rings is 1. The SMILES string of the molecule is NCC1OCCN(C2CC2)C1c1ccsc1. The Hall–Kier alpha value is -0.420. The number of rotatable bonds is 3. The van der Waals surface area contributed by atoms with Gasteiger partial charge < -0.3 is 10.5 Å². The topological polar surface area (TPSA) is 38.5 Å². The van der Waals surface area contributed by atoms with E-state index in [4.69, 9.17) is 10.5 Å². The van der Waals surface area contributed by atoms with E-state index in [-0.39, 0.29) is 6.10 Å². The highest BCUT2D eigenvalue weighted by atomic mass is 32.1. The molecule has 1 saturated carbocycles. The molecule has 88 valence electrons. The van der Waals surface area contributed by atoms with Crippen molar-refractivity contribution < 1.29 is 4.74 Å². The van der Waals surface area contributed by atoms with Crippen LogP contribution in [0.15, 0.2) is 16.8 Å². The van der Waals surface area contributed by atoms with Gasteiger partial charge in [-0.15, -0.1) is 0 Å². The summed E-state index contributed by atoms with van der Waals surface area (Å²) in [7, 11) is 0. The van der Waals surface area contributed by atoms with Crippen LogP contribution in [0.4, 0.5) is 0 Å². The maximum absolute atomic E-state index is 5.83. The first-order valence-electron chi connectivity index (χ1n) is 5.99. The third kappa shape index (κ3) is 1.91. The predicted molar refractivity (Wildman–Crippen MR) is 65.6 cm³/mol. The lowest BCUT2D eigenvalue weighted by atomic mass is 10.0. The molecule has 1 aliphatic carbocycles. The number of ether oxygens (including phenoxy) is 1. The van der Waals surface area contributed by atoms with Crippen molar-refractivity contribution >= 4 is 11.3 Å². The predicted octanol–water partition coefficient (Wildman–Crippen LogP) is 1.61. The third-order valence-electron chi connectivity index (χ3n) is 3.52. The highest BCUT2D eigenvalue weighted by Crippen LogP contribution is 2.39. The molecule has 3 rings (SSSR count). The first kappa shape index (κ1) is 10.7. The summed E-state index contributed by atoms with van der Waals surface area (Å²) >= 11 is 1.76. The molecule has 0 bridgehead atoms. The van der Waals surface area contributed by atoms with Crippen molar-refractivity contribution in [2.45, 2.75) is 31.0 Å². The molecule has 1 aliphatic heterocycles. The molecule has 2 fully saturated rings. The Morgan fingerprint density at radius 2 is 2.38 bits per heavy atom. The molecular weight excluding hydrogens is 220 g/mol. The molecule has 2 aliphatic rings. The van der Waals surface area contributed by atoms with Crippen LogP contribution in [0.1, 0.15) is 24.4 Å². The van der Waals surface area contributed by atoms with Crippen LogP contribution in [0.25, 0.3) is 0 Å². The molecular formula is C12H18N2OS. The van der Waals surface area contributed by atoms with Gasteiger partial charge in [0.05, 0.1) is 18.8 Å². The Kier molecular flexibility index (Phi) is 2.98. The van der Waals surface area contributed by atoms with Gasteiger partial charge in [0.2, 0.25) is 0 Å². The molecule has 2 N–H and O–H groups in total. The lowest BCUT2D eigenvalue weighted by Crippen LogP contribution is -2.48. The van der Waals surface area contributed by atoms with E-state index < -0.39 is 0 Å². The van der Waals surface area contributed by atoms with Gasteiger partial charge in [0.25, 0.3) is 0 Å². The molecule has 2 atom stereocenters. The largest absolute Gasteiger partial charge is 0.374 e. The molecule has 2 heterocycles. The summed E-state index contributed by atoms with van der Waals surface area (Å²) in [6, 6.07) is 3.38. The van der Waals surface area contributed by atoms with Crippen LogP contribution in [0.2, 0.25) is 0 Å². The van der Waals surface area contributed by atoms with E-state index in [0.717, 1.165) is 19.2 Å². The summed E-state index contributed by atoms with van der Waals surface area (Å²) < 4.78 is 5.81. The minimum atomic E-state index is 0.170. The van der Waals surface area contributed by atoms with Crippen molar-refractivity contribution in [2.75, 3.05) is 19.7 Å². The number of hydrogen-bond donors (Lipinski definition) is 1. The Balaban J connectivity index is 1.86. The molecule has 0 aromatic carbocycles. The van der Waals surface area contributed by atoms with Crippen molar-refractivity contribution in [3.63, 3.8) is 0 Å². The van der Waals surface area contributed by atoms with Crippen molar-refractivity contribution in [1.82, 2.24) is 4.90 Å². The Labute approximate surface area is 100 Å². The smallest absolute Gasteiger partial charge is 0.0894 e. The minimum Gasteiger partial charge on any atom is -0.374 e. The van der Waals surface area contributed by atoms with Crippen LogP contribution in [0.3, 0.4) is 0 Å². The summed E-state index contributed by atoms with van der Waals surface area (Å²) in [5.74, 6) is 0. The minimum absolute atomic E-state index is 0.170. The molecule has 0 spiro atoms. The number of hydrogen-bond acceptors (Lipinski definition) is 4. The second kappa shape index (κ2) is 4.45. The van der Waals surface area contributed by atoms with Crippen LogP contribution in [-0.2, 0) is 4.74 Å². The fourth-order valence-electron chi connectivity index (χ4n) is 2.62. The van der Waals surface area contributed by atoms with E-state index in [2.05, 4.69) is 21.7 Å². The van der Waals surface area contributed by atoms with Gasteiger partial charge in [0.15, 0.2) is 0 Å². The highest BCUT2D eigenvalue weighted by Gasteiger charge is 2.40. The van der Waals surface area contributed by atoms with Crippen LogP contribution in [-0.4, -0.2) is 36.7 Å². The molecule has 1 aromatic heterocycles. The summed E-state index contributed by atoms with van der Waals surface area (Å²) in [6.07, 6.45) is 2.86. The molecule has 4 heteroatoms. The molecule has 1 saturated heterocycles. The van der Waals surface area contributed by atoms with Crippen LogP contribution >= 0.6 is 11.3 Å². The molecule has 0 radical (unpaired) electrons. The Morgan fingerprint density at radius 3 is 3.00 bits per heavy atom. The van der Waals surface area contributed by atoms with Crippen LogP contribution in [0, 0.1) is 0 Å². The zero-order valence-corrected chi connectivity index (χ0v) is 10.2. The molecule has 0 amide bonds. The maximum atomic E-state index is 5.83. The normalized spacial score (nSPS) is 31.8. The van der Waals surface area contributed by atoms with E-state index in [9.17, 15) is 0 Å². The zero-order chi connectivity index (χ0) is 11.0. The lowest BCUT2D eigenvalue weighted by Gasteiger charge is -2.41. The third-order valence-corrected chi connectivity index (χ3v) is 4.23. The number of thiophene rings is 1. The highest BCUT2D eigenvalue weighted by molar-refractivity contribution is 7.07. The van der Waals surface area contributed by atoms with E-state index >= 15 is 0 Å². The second-order valence-electron chi connectivity index (χ2n) is 4.62. The summed E-state index contributed by atoms with van der Waals surface area (Å²) in [5.41, 5.74) is 7.22. The fraction of sp³-hybridized carbons (Fsp3) is 0.667. The quantitative estimate of drug-likeness (QED) is 0.869. The van der Waals surface area contributed by atoms with Gasteiger partial charge in [-0.1, -0.05) is 0 Å². The summed E-state index contributed by atoms with van der Waals surface area (Å²) in [4.78, 5) is 2.60. The van der Waals surface area contributed by atoms with Gasteiger partial charge in [-0.3, -0.25) is 4.90 Å². The van der Waals surface area contributed by atoms with Gasteiger partial charge in [0.1, 0.15) is 0 Å². The van der Waals surface area contributed by atoms with Gasteiger partial charge in [-0.25, -0.2) is 0 Å². The van der Waals surface area contributed by atoms with Crippen molar-refractivity contribution in [3.05, 3.63) is 22.4 Å². The number of nitrogens with two attached hydrogens (primary N) is 1. The van der Waals surface area contributed by atoms with Gasteiger partial charge in [-0.2, -0.15) is 11.3 Å². The fourth-order valence-corrected chi connectivity index (χ4v) is 3.30. The lowest BCUT2D eigenvalue weighted by molar-refractivity contribution is -0.0711. The summed E-state index contributed by atoms with van der Waals surface area (Å²) in [6.45, 7) is 2.50. The van der Waals surface area contributed by atoms with E-state index in [0.29, 0.717) is 12.6 Å². The average molecular weight is 238 g/mol. The molecule has 2 unspecified atom stereocenters. The first-order valence-corrected chi connectivity index (χ1v) is 6.94. The van der Waals surface area contributed by atoms with E-state index in [1.54, 1.807) is 11.3 Å². The van der Waals surface area contributed by atoms with Crippen molar-refractivity contribution in [3.8, 4) is 0 Å². The number of nitrogens with zero attached hydrogens (tertiary/aromatic N) is 1. The molecule has 3 nitrogen and oxygen atoms in total. The molecule has 1 aromatic rings. The first-order chi connectivity index (χ1) is 7.90. The van der Waals surface area contributed by atoms with Gasteiger partial charge in [-0.05, 0) is 35.2 Å². The second-order valence-corrected chi connectivity index (χ2v) is 5.40. The van der Waals surface area contributed by atoms with Crippen LogP contribution < -0.4 is 5.73 Å². The van der Waals surface area contributed by atoms with Gasteiger partial charge >= 0.3 is 0 Å². The monoisotopic (exact) mass is 238 g/mol. The standard InChI is InChI=1S/C12H18N2OS/c13-7-11-12(9-3-6-16-8-9)14(4-5-15-11)10-1-2-10/h3,6,8,10-12H,1-2,4-5,7,13H2. The van der Waals surface area contributed by atoms with Gasteiger partial charge in [0, 0.05) is 19.1 Å². The Morgan fingerprint density at radius 1 is 1.50 bits per heavy atom. The zero-order valence-electron chi connectivity index (χ0n) is 9.34. The van der Waals surface area contributed by atoms with E-state index in [1.165, 1.54) is 18.4 Å². The molecule has 16 heavy (non-hydrogen) atoms.